The van der Waals surface area contributed by atoms with Gasteiger partial charge in [0, 0.05) is 17.6 Å². The predicted octanol–water partition coefficient (Wildman–Crippen LogP) is 1.91. The van der Waals surface area contributed by atoms with Gasteiger partial charge in [-0.25, -0.2) is 4.39 Å². The van der Waals surface area contributed by atoms with E-state index in [4.69, 9.17) is 0 Å². The maximum atomic E-state index is 13.5. The SMILES string of the molecule is Cc1cc(F)cc(C(=O)NC2CCCNC2C)c1[N+](=O)[O-]. The van der Waals surface area contributed by atoms with Crippen LogP contribution in [0.3, 0.4) is 0 Å². The summed E-state index contributed by atoms with van der Waals surface area (Å²) in [6, 6.07) is 1.94. The third-order valence-corrected chi connectivity index (χ3v) is 3.77. The van der Waals surface area contributed by atoms with Crippen molar-refractivity contribution in [1.29, 1.82) is 0 Å². The monoisotopic (exact) mass is 295 g/mol. The summed E-state index contributed by atoms with van der Waals surface area (Å²) in [5, 5.41) is 17.1. The van der Waals surface area contributed by atoms with E-state index in [2.05, 4.69) is 10.6 Å². The zero-order valence-corrected chi connectivity index (χ0v) is 12.0. The highest BCUT2D eigenvalue weighted by Gasteiger charge is 2.28. The summed E-state index contributed by atoms with van der Waals surface area (Å²) in [4.78, 5) is 22.7. The second kappa shape index (κ2) is 6.17. The van der Waals surface area contributed by atoms with Crippen molar-refractivity contribution < 1.29 is 14.1 Å². The van der Waals surface area contributed by atoms with Crippen LogP contribution in [0.15, 0.2) is 12.1 Å². The van der Waals surface area contributed by atoms with Gasteiger partial charge in [-0.1, -0.05) is 0 Å². The highest BCUT2D eigenvalue weighted by atomic mass is 19.1. The Hall–Kier alpha value is -2.02. The Morgan fingerprint density at radius 3 is 2.86 bits per heavy atom. The van der Waals surface area contributed by atoms with Crippen molar-refractivity contribution in [2.75, 3.05) is 6.54 Å². The molecule has 1 aliphatic rings. The van der Waals surface area contributed by atoms with E-state index in [0.717, 1.165) is 31.5 Å². The minimum atomic E-state index is -0.655. The van der Waals surface area contributed by atoms with Crippen molar-refractivity contribution in [3.63, 3.8) is 0 Å². The number of carbonyl (C=O) groups excluding carboxylic acids is 1. The number of hydrogen-bond donors (Lipinski definition) is 2. The molecule has 0 bridgehead atoms. The van der Waals surface area contributed by atoms with Gasteiger partial charge in [-0.2, -0.15) is 0 Å². The van der Waals surface area contributed by atoms with Crippen molar-refractivity contribution in [3.8, 4) is 0 Å². The van der Waals surface area contributed by atoms with Crippen LogP contribution in [-0.2, 0) is 0 Å². The molecule has 2 rings (SSSR count). The Morgan fingerprint density at radius 2 is 2.24 bits per heavy atom. The fourth-order valence-corrected chi connectivity index (χ4v) is 2.64. The maximum Gasteiger partial charge on any atom is 0.285 e. The molecule has 0 aliphatic carbocycles. The van der Waals surface area contributed by atoms with Gasteiger partial charge in [-0.05, 0) is 45.4 Å². The van der Waals surface area contributed by atoms with Crippen LogP contribution in [0.5, 0.6) is 0 Å². The molecule has 1 aliphatic heterocycles. The van der Waals surface area contributed by atoms with Crippen LogP contribution in [0.25, 0.3) is 0 Å². The summed E-state index contributed by atoms with van der Waals surface area (Å²) in [5.41, 5.74) is -0.430. The fraction of sp³-hybridized carbons (Fsp3) is 0.500. The van der Waals surface area contributed by atoms with E-state index >= 15 is 0 Å². The third kappa shape index (κ3) is 3.36. The van der Waals surface area contributed by atoms with E-state index in [1.54, 1.807) is 0 Å². The predicted molar refractivity (Wildman–Crippen MR) is 75.7 cm³/mol. The van der Waals surface area contributed by atoms with Gasteiger partial charge in [0.05, 0.1) is 4.92 Å². The zero-order chi connectivity index (χ0) is 15.6. The Morgan fingerprint density at radius 1 is 1.52 bits per heavy atom. The molecule has 1 saturated heterocycles. The number of hydrogen-bond acceptors (Lipinski definition) is 4. The zero-order valence-electron chi connectivity index (χ0n) is 12.0. The van der Waals surface area contributed by atoms with Crippen LogP contribution in [0, 0.1) is 22.9 Å². The number of carbonyl (C=O) groups is 1. The normalized spacial score (nSPS) is 21.9. The Labute approximate surface area is 121 Å². The summed E-state index contributed by atoms with van der Waals surface area (Å²) < 4.78 is 13.5. The summed E-state index contributed by atoms with van der Waals surface area (Å²) in [5.74, 6) is -1.26. The Balaban J connectivity index is 2.28. The molecule has 7 heteroatoms. The summed E-state index contributed by atoms with van der Waals surface area (Å²) in [6.07, 6.45) is 1.71. The molecular weight excluding hydrogens is 277 g/mol. The summed E-state index contributed by atoms with van der Waals surface area (Å²) >= 11 is 0. The first-order chi connectivity index (χ1) is 9.90. The van der Waals surface area contributed by atoms with Gasteiger partial charge in [-0.15, -0.1) is 0 Å². The largest absolute Gasteiger partial charge is 0.348 e. The Kier molecular flexibility index (Phi) is 4.52. The van der Waals surface area contributed by atoms with Gasteiger partial charge in [0.1, 0.15) is 11.4 Å². The van der Waals surface area contributed by atoms with Gasteiger partial charge in [0.15, 0.2) is 0 Å². The first-order valence-electron chi connectivity index (χ1n) is 6.89. The lowest BCUT2D eigenvalue weighted by Gasteiger charge is -2.30. The molecule has 1 amide bonds. The average Bonchev–Trinajstić information content (AvgIpc) is 2.39. The molecule has 114 valence electrons. The van der Waals surface area contributed by atoms with E-state index in [1.165, 1.54) is 6.92 Å². The lowest BCUT2D eigenvalue weighted by atomic mass is 9.99. The summed E-state index contributed by atoms with van der Waals surface area (Å²) in [7, 11) is 0. The Bertz CT molecular complexity index is 577. The first kappa shape index (κ1) is 15.4. The second-order valence-electron chi connectivity index (χ2n) is 5.34. The molecule has 2 atom stereocenters. The number of nitro benzene ring substituents is 1. The number of benzene rings is 1. The van der Waals surface area contributed by atoms with Crippen molar-refractivity contribution in [3.05, 3.63) is 39.2 Å². The van der Waals surface area contributed by atoms with Crippen LogP contribution in [0.1, 0.15) is 35.7 Å². The second-order valence-corrected chi connectivity index (χ2v) is 5.34. The van der Waals surface area contributed by atoms with Gasteiger partial charge >= 0.3 is 0 Å². The van der Waals surface area contributed by atoms with Crippen molar-refractivity contribution in [2.45, 2.75) is 38.8 Å². The number of nitrogens with zero attached hydrogens (tertiary/aromatic N) is 1. The maximum absolute atomic E-state index is 13.5. The number of nitro groups is 1. The molecule has 1 heterocycles. The molecule has 0 radical (unpaired) electrons. The highest BCUT2D eigenvalue weighted by Crippen LogP contribution is 2.25. The van der Waals surface area contributed by atoms with Gasteiger partial charge in [0.25, 0.3) is 11.6 Å². The van der Waals surface area contributed by atoms with Crippen LogP contribution in [0.2, 0.25) is 0 Å². The minimum Gasteiger partial charge on any atom is -0.348 e. The fourth-order valence-electron chi connectivity index (χ4n) is 2.64. The minimum absolute atomic E-state index is 0.0800. The standard InChI is InChI=1S/C14H18FN3O3/c1-8-6-10(15)7-11(13(8)18(20)21)14(19)17-12-4-3-5-16-9(12)2/h6-7,9,12,16H,3-5H2,1-2H3,(H,17,19). The number of aryl methyl sites for hydroxylation is 1. The number of nitrogens with one attached hydrogen (secondary N) is 2. The van der Waals surface area contributed by atoms with E-state index in [-0.39, 0.29) is 28.9 Å². The molecule has 2 unspecified atom stereocenters. The molecule has 0 saturated carbocycles. The van der Waals surface area contributed by atoms with Crippen molar-refractivity contribution in [2.24, 2.45) is 0 Å². The third-order valence-electron chi connectivity index (χ3n) is 3.77. The quantitative estimate of drug-likeness (QED) is 0.659. The topological polar surface area (TPSA) is 84.3 Å². The van der Waals surface area contributed by atoms with E-state index in [1.807, 2.05) is 6.92 Å². The molecule has 1 aromatic rings. The summed E-state index contributed by atoms with van der Waals surface area (Å²) in [6.45, 7) is 4.24. The van der Waals surface area contributed by atoms with Gasteiger partial charge in [0.2, 0.25) is 0 Å². The molecule has 2 N–H and O–H groups in total. The highest BCUT2D eigenvalue weighted by molar-refractivity contribution is 5.98. The van der Waals surface area contributed by atoms with E-state index in [9.17, 15) is 19.3 Å². The lowest BCUT2D eigenvalue weighted by molar-refractivity contribution is -0.385. The molecule has 0 aromatic heterocycles. The van der Waals surface area contributed by atoms with E-state index < -0.39 is 16.6 Å². The van der Waals surface area contributed by atoms with Crippen molar-refractivity contribution >= 4 is 11.6 Å². The van der Waals surface area contributed by atoms with Crippen LogP contribution >= 0.6 is 0 Å². The van der Waals surface area contributed by atoms with Crippen LogP contribution in [-0.4, -0.2) is 29.5 Å². The number of piperidine rings is 1. The molecule has 0 spiro atoms. The van der Waals surface area contributed by atoms with Gasteiger partial charge in [-0.3, -0.25) is 14.9 Å². The average molecular weight is 295 g/mol. The van der Waals surface area contributed by atoms with E-state index in [0.29, 0.717) is 0 Å². The first-order valence-corrected chi connectivity index (χ1v) is 6.89. The number of rotatable bonds is 3. The number of amides is 1. The van der Waals surface area contributed by atoms with Crippen LogP contribution < -0.4 is 10.6 Å². The molecule has 1 fully saturated rings. The number of halogens is 1. The van der Waals surface area contributed by atoms with Gasteiger partial charge < -0.3 is 10.6 Å². The van der Waals surface area contributed by atoms with Crippen molar-refractivity contribution in [1.82, 2.24) is 10.6 Å². The molecule has 21 heavy (non-hydrogen) atoms. The molecule has 1 aromatic carbocycles. The molecular formula is C14H18FN3O3. The molecule has 6 nitrogen and oxygen atoms in total. The van der Waals surface area contributed by atoms with Crippen LogP contribution in [0.4, 0.5) is 10.1 Å². The lowest BCUT2D eigenvalue weighted by Crippen LogP contribution is -2.52. The smallest absolute Gasteiger partial charge is 0.285 e.